The van der Waals surface area contributed by atoms with Crippen LogP contribution in [0.25, 0.3) is 0 Å². The van der Waals surface area contributed by atoms with Crippen LogP contribution < -0.4 is 0 Å². The molecule has 0 fully saturated rings. The molecule has 1 unspecified atom stereocenters. The van der Waals surface area contributed by atoms with Crippen molar-refractivity contribution >= 4 is 11.8 Å². The normalized spacial score (nSPS) is 14.3. The van der Waals surface area contributed by atoms with Gasteiger partial charge in [0, 0.05) is 5.41 Å². The van der Waals surface area contributed by atoms with Crippen LogP contribution in [-0.4, -0.2) is 16.9 Å². The van der Waals surface area contributed by atoms with Crippen molar-refractivity contribution in [1.29, 1.82) is 0 Å². The van der Waals surface area contributed by atoms with Crippen LogP contribution in [0, 0.1) is 17.3 Å². The molecule has 1 N–H and O–H groups in total. The van der Waals surface area contributed by atoms with Gasteiger partial charge in [0.1, 0.15) is 5.78 Å². The van der Waals surface area contributed by atoms with Crippen molar-refractivity contribution in [2.75, 3.05) is 0 Å². The van der Waals surface area contributed by atoms with E-state index in [9.17, 15) is 9.59 Å². The van der Waals surface area contributed by atoms with Crippen LogP contribution in [0.15, 0.2) is 0 Å². The second kappa shape index (κ2) is 3.90. The van der Waals surface area contributed by atoms with Gasteiger partial charge in [-0.05, 0) is 12.8 Å². The third-order valence-corrected chi connectivity index (χ3v) is 2.62. The van der Waals surface area contributed by atoms with Crippen LogP contribution in [0.5, 0.6) is 0 Å². The van der Waals surface area contributed by atoms with Crippen LogP contribution in [0.1, 0.15) is 34.6 Å². The summed E-state index contributed by atoms with van der Waals surface area (Å²) in [4.78, 5) is 22.2. The molecule has 0 aromatic rings. The highest BCUT2D eigenvalue weighted by Crippen LogP contribution is 2.33. The molecule has 0 rings (SSSR count). The molecule has 13 heavy (non-hydrogen) atoms. The van der Waals surface area contributed by atoms with Crippen molar-refractivity contribution in [3.8, 4) is 0 Å². The Bertz CT molecular complexity index is 216. The molecule has 3 nitrogen and oxygen atoms in total. The first-order valence-corrected chi connectivity index (χ1v) is 4.45. The minimum absolute atomic E-state index is 0.0311. The van der Waals surface area contributed by atoms with Crippen LogP contribution >= 0.6 is 0 Å². The van der Waals surface area contributed by atoms with E-state index in [1.165, 1.54) is 6.92 Å². The second-order valence-electron chi connectivity index (χ2n) is 4.34. The molecular weight excluding hydrogens is 168 g/mol. The maximum Gasteiger partial charge on any atom is 0.307 e. The molecular formula is C10H18O3. The summed E-state index contributed by atoms with van der Waals surface area (Å²) in [5.41, 5.74) is -0.778. The van der Waals surface area contributed by atoms with Crippen molar-refractivity contribution in [2.45, 2.75) is 34.6 Å². The molecule has 0 aliphatic heterocycles. The van der Waals surface area contributed by atoms with E-state index in [4.69, 9.17) is 5.11 Å². The fourth-order valence-electron chi connectivity index (χ4n) is 1.65. The van der Waals surface area contributed by atoms with Gasteiger partial charge in [0.2, 0.25) is 0 Å². The summed E-state index contributed by atoms with van der Waals surface area (Å²) in [7, 11) is 0. The first-order valence-electron chi connectivity index (χ1n) is 4.45. The lowest BCUT2D eigenvalue weighted by Crippen LogP contribution is -2.39. The van der Waals surface area contributed by atoms with Gasteiger partial charge in [-0.3, -0.25) is 9.59 Å². The lowest BCUT2D eigenvalue weighted by molar-refractivity contribution is -0.152. The molecule has 0 radical (unpaired) electrons. The number of rotatable bonds is 4. The summed E-state index contributed by atoms with van der Waals surface area (Å²) in [5.74, 6) is -1.61. The van der Waals surface area contributed by atoms with Gasteiger partial charge in [-0.25, -0.2) is 0 Å². The highest BCUT2D eigenvalue weighted by molar-refractivity contribution is 5.87. The van der Waals surface area contributed by atoms with Crippen LogP contribution in [-0.2, 0) is 9.59 Å². The highest BCUT2D eigenvalue weighted by Gasteiger charge is 2.40. The molecule has 0 heterocycles. The largest absolute Gasteiger partial charge is 0.481 e. The Labute approximate surface area is 79.1 Å². The maximum absolute atomic E-state index is 11.3. The minimum atomic E-state index is -0.893. The molecule has 0 aliphatic carbocycles. The molecule has 0 aromatic heterocycles. The van der Waals surface area contributed by atoms with E-state index in [2.05, 4.69) is 0 Å². The average molecular weight is 186 g/mol. The van der Waals surface area contributed by atoms with Crippen LogP contribution in [0.4, 0.5) is 0 Å². The Kier molecular flexibility index (Phi) is 3.64. The van der Waals surface area contributed by atoms with Gasteiger partial charge in [-0.1, -0.05) is 27.7 Å². The third kappa shape index (κ3) is 2.54. The zero-order valence-corrected chi connectivity index (χ0v) is 8.92. The van der Waals surface area contributed by atoms with E-state index in [0.717, 1.165) is 0 Å². The van der Waals surface area contributed by atoms with Gasteiger partial charge in [-0.15, -0.1) is 0 Å². The van der Waals surface area contributed by atoms with Gasteiger partial charge in [0.25, 0.3) is 0 Å². The predicted octanol–water partition coefficient (Wildman–Crippen LogP) is 1.96. The first kappa shape index (κ1) is 12.1. The van der Waals surface area contributed by atoms with Crippen LogP contribution in [0.2, 0.25) is 0 Å². The Balaban J connectivity index is 4.94. The Hall–Kier alpha value is -0.860. The maximum atomic E-state index is 11.3. The summed E-state index contributed by atoms with van der Waals surface area (Å²) in [5, 5.41) is 8.98. The van der Waals surface area contributed by atoms with Crippen molar-refractivity contribution in [1.82, 2.24) is 0 Å². The van der Waals surface area contributed by atoms with Crippen molar-refractivity contribution in [2.24, 2.45) is 17.3 Å². The molecule has 0 amide bonds. The van der Waals surface area contributed by atoms with Gasteiger partial charge < -0.3 is 5.11 Å². The highest BCUT2D eigenvalue weighted by atomic mass is 16.4. The number of hydrogen-bond acceptors (Lipinski definition) is 2. The van der Waals surface area contributed by atoms with E-state index in [1.807, 2.05) is 13.8 Å². The number of carboxylic acid groups (broad SMARTS) is 1. The number of Topliss-reactive ketones (excluding diaryl/α,β-unsaturated/α-hetero) is 1. The van der Waals surface area contributed by atoms with Gasteiger partial charge in [-0.2, -0.15) is 0 Å². The summed E-state index contributed by atoms with van der Waals surface area (Å²) in [6.07, 6.45) is 0. The zero-order valence-electron chi connectivity index (χ0n) is 8.92. The van der Waals surface area contributed by atoms with E-state index in [-0.39, 0.29) is 11.7 Å². The fraction of sp³-hybridized carbons (Fsp3) is 0.800. The van der Waals surface area contributed by atoms with Crippen molar-refractivity contribution < 1.29 is 14.7 Å². The molecule has 0 aliphatic rings. The molecule has 1 atom stereocenters. The quantitative estimate of drug-likeness (QED) is 0.730. The van der Waals surface area contributed by atoms with Gasteiger partial charge in [0.05, 0.1) is 5.92 Å². The average Bonchev–Trinajstić information content (AvgIpc) is 1.82. The Morgan fingerprint density at radius 3 is 1.69 bits per heavy atom. The van der Waals surface area contributed by atoms with Crippen LogP contribution in [0.3, 0.4) is 0 Å². The minimum Gasteiger partial charge on any atom is -0.481 e. The molecule has 0 saturated carbocycles. The monoisotopic (exact) mass is 186 g/mol. The van der Waals surface area contributed by atoms with E-state index in [1.54, 1.807) is 13.8 Å². The van der Waals surface area contributed by atoms with E-state index in [0.29, 0.717) is 0 Å². The second-order valence-corrected chi connectivity index (χ2v) is 4.34. The van der Waals surface area contributed by atoms with Gasteiger partial charge >= 0.3 is 5.97 Å². The summed E-state index contributed by atoms with van der Waals surface area (Å²) in [6.45, 7) is 8.47. The van der Waals surface area contributed by atoms with Crippen molar-refractivity contribution in [3.63, 3.8) is 0 Å². The lowest BCUT2D eigenvalue weighted by Gasteiger charge is -2.31. The summed E-state index contributed by atoms with van der Waals surface area (Å²) in [6, 6.07) is 0. The topological polar surface area (TPSA) is 54.4 Å². The smallest absolute Gasteiger partial charge is 0.307 e. The van der Waals surface area contributed by atoms with Crippen molar-refractivity contribution in [3.05, 3.63) is 0 Å². The van der Waals surface area contributed by atoms with E-state index < -0.39 is 17.3 Å². The SMILES string of the molecule is CC(=O)C(C)(C)C(C(=O)O)C(C)C. The fourth-order valence-corrected chi connectivity index (χ4v) is 1.65. The molecule has 0 aromatic carbocycles. The number of carbonyl (C=O) groups excluding carboxylic acids is 1. The number of ketones is 1. The lowest BCUT2D eigenvalue weighted by atomic mass is 9.70. The summed E-state index contributed by atoms with van der Waals surface area (Å²) >= 11 is 0. The number of hydrogen-bond donors (Lipinski definition) is 1. The molecule has 0 bridgehead atoms. The van der Waals surface area contributed by atoms with E-state index >= 15 is 0 Å². The standard InChI is InChI=1S/C10H18O3/c1-6(2)8(9(12)13)10(4,5)7(3)11/h6,8H,1-5H3,(H,12,13). The number of carbonyl (C=O) groups is 2. The Morgan fingerprint density at radius 1 is 1.23 bits per heavy atom. The molecule has 76 valence electrons. The zero-order chi connectivity index (χ0) is 10.8. The third-order valence-electron chi connectivity index (χ3n) is 2.62. The number of carboxylic acids is 1. The van der Waals surface area contributed by atoms with Gasteiger partial charge in [0.15, 0.2) is 0 Å². The number of aliphatic carboxylic acids is 1. The predicted molar refractivity (Wildman–Crippen MR) is 50.4 cm³/mol. The Morgan fingerprint density at radius 2 is 1.62 bits per heavy atom. The molecule has 0 saturated heterocycles. The molecule has 3 heteroatoms. The summed E-state index contributed by atoms with van der Waals surface area (Å²) < 4.78 is 0. The molecule has 0 spiro atoms. The first-order chi connectivity index (χ1) is 5.71.